The SMILES string of the molecule is CC#C[C@H](CC(=O)O)c1ccc(OC(F)C(F)CCF)cc1. The van der Waals surface area contributed by atoms with Crippen LogP contribution < -0.4 is 4.74 Å². The van der Waals surface area contributed by atoms with E-state index in [4.69, 9.17) is 9.84 Å². The number of benzene rings is 1. The molecule has 0 amide bonds. The molecule has 0 bridgehead atoms. The van der Waals surface area contributed by atoms with Crippen LogP contribution in [0.25, 0.3) is 0 Å². The third kappa shape index (κ3) is 5.68. The highest BCUT2D eigenvalue weighted by atomic mass is 19.2. The maximum atomic E-state index is 13.4. The van der Waals surface area contributed by atoms with Crippen molar-refractivity contribution in [2.75, 3.05) is 6.67 Å². The predicted molar refractivity (Wildman–Crippen MR) is 75.9 cm³/mol. The standard InChI is InChI=1S/C16H17F3O3/c1-2-3-12(10-15(20)21)11-4-6-13(7-5-11)22-16(19)14(18)8-9-17/h4-7,12,14,16H,8-10H2,1H3,(H,20,21)/t12-,14?,16?/m1/s1. The number of aliphatic carboxylic acids is 1. The summed E-state index contributed by atoms with van der Waals surface area (Å²) in [6.07, 6.45) is -5.00. The molecule has 0 spiro atoms. The summed E-state index contributed by atoms with van der Waals surface area (Å²) in [6.45, 7) is 0.642. The Hall–Kier alpha value is -2.16. The second-order valence-electron chi connectivity index (χ2n) is 4.58. The predicted octanol–water partition coefficient (Wildman–Crippen LogP) is 3.64. The minimum atomic E-state index is -2.24. The van der Waals surface area contributed by atoms with E-state index in [1.807, 2.05) is 0 Å². The smallest absolute Gasteiger partial charge is 0.304 e. The summed E-state index contributed by atoms with van der Waals surface area (Å²) in [5, 5.41) is 8.84. The molecule has 6 heteroatoms. The maximum Gasteiger partial charge on any atom is 0.304 e. The van der Waals surface area contributed by atoms with Crippen LogP contribution in [0, 0.1) is 11.8 Å². The molecule has 3 atom stereocenters. The van der Waals surface area contributed by atoms with Gasteiger partial charge in [-0.2, -0.15) is 4.39 Å². The van der Waals surface area contributed by atoms with Gasteiger partial charge in [0.2, 0.25) is 0 Å². The third-order valence-electron chi connectivity index (χ3n) is 2.90. The molecular formula is C16H17F3O3. The summed E-state index contributed by atoms with van der Waals surface area (Å²) in [5.41, 5.74) is 0.639. The van der Waals surface area contributed by atoms with Gasteiger partial charge in [-0.1, -0.05) is 18.1 Å². The molecule has 1 aromatic rings. The van der Waals surface area contributed by atoms with Gasteiger partial charge in [0.05, 0.1) is 19.0 Å². The van der Waals surface area contributed by atoms with Gasteiger partial charge in [-0.25, -0.2) is 4.39 Å². The van der Waals surface area contributed by atoms with E-state index in [-0.39, 0.29) is 12.2 Å². The largest absolute Gasteiger partial charge is 0.481 e. The van der Waals surface area contributed by atoms with Gasteiger partial charge in [0, 0.05) is 6.42 Å². The Bertz CT molecular complexity index is 534. The van der Waals surface area contributed by atoms with Gasteiger partial charge in [-0.15, -0.1) is 5.92 Å². The highest BCUT2D eigenvalue weighted by Gasteiger charge is 2.22. The molecular weight excluding hydrogens is 297 g/mol. The normalized spacial score (nSPS) is 14.4. The van der Waals surface area contributed by atoms with Crippen molar-refractivity contribution >= 4 is 5.97 Å². The van der Waals surface area contributed by atoms with E-state index in [1.165, 1.54) is 12.1 Å². The quantitative estimate of drug-likeness (QED) is 0.745. The first-order valence-corrected chi connectivity index (χ1v) is 6.72. The van der Waals surface area contributed by atoms with Crippen molar-refractivity contribution in [2.24, 2.45) is 0 Å². The van der Waals surface area contributed by atoms with Crippen molar-refractivity contribution in [3.8, 4) is 17.6 Å². The highest BCUT2D eigenvalue weighted by Crippen LogP contribution is 2.23. The molecule has 1 aromatic carbocycles. The Morgan fingerprint density at radius 1 is 1.32 bits per heavy atom. The average molecular weight is 314 g/mol. The number of carbonyl (C=O) groups is 1. The van der Waals surface area contributed by atoms with Crippen LogP contribution in [0.15, 0.2) is 24.3 Å². The fourth-order valence-corrected chi connectivity index (χ4v) is 1.82. The summed E-state index contributed by atoms with van der Waals surface area (Å²) >= 11 is 0. The zero-order valence-electron chi connectivity index (χ0n) is 12.1. The molecule has 0 aliphatic heterocycles. The highest BCUT2D eigenvalue weighted by molar-refractivity contribution is 5.69. The molecule has 0 heterocycles. The third-order valence-corrected chi connectivity index (χ3v) is 2.90. The molecule has 120 valence electrons. The fraction of sp³-hybridized carbons (Fsp3) is 0.438. The fourth-order valence-electron chi connectivity index (χ4n) is 1.82. The number of carboxylic acids is 1. The lowest BCUT2D eigenvalue weighted by Crippen LogP contribution is -2.24. The van der Waals surface area contributed by atoms with Gasteiger partial charge < -0.3 is 9.84 Å². The molecule has 0 aromatic heterocycles. The van der Waals surface area contributed by atoms with Crippen LogP contribution in [0.1, 0.15) is 31.2 Å². The number of carboxylic acid groups (broad SMARTS) is 1. The maximum absolute atomic E-state index is 13.4. The molecule has 0 aliphatic carbocycles. The molecule has 1 N–H and O–H groups in total. The van der Waals surface area contributed by atoms with Gasteiger partial charge in [0.1, 0.15) is 5.75 Å². The molecule has 0 saturated heterocycles. The van der Waals surface area contributed by atoms with Crippen molar-refractivity contribution in [3.05, 3.63) is 29.8 Å². The van der Waals surface area contributed by atoms with E-state index in [1.54, 1.807) is 19.1 Å². The van der Waals surface area contributed by atoms with Crippen LogP contribution in [0.4, 0.5) is 13.2 Å². The summed E-state index contributed by atoms with van der Waals surface area (Å²) in [5.74, 6) is 4.04. The van der Waals surface area contributed by atoms with E-state index in [9.17, 15) is 18.0 Å². The van der Waals surface area contributed by atoms with E-state index >= 15 is 0 Å². The lowest BCUT2D eigenvalue weighted by Gasteiger charge is -2.15. The minimum Gasteiger partial charge on any atom is -0.481 e. The van der Waals surface area contributed by atoms with E-state index in [0.717, 1.165) is 0 Å². The van der Waals surface area contributed by atoms with E-state index in [2.05, 4.69) is 11.8 Å². The Balaban J connectivity index is 2.75. The molecule has 1 rings (SSSR count). The molecule has 2 unspecified atom stereocenters. The van der Waals surface area contributed by atoms with Crippen LogP contribution in [0.5, 0.6) is 5.75 Å². The Kier molecular flexibility index (Phi) is 7.30. The summed E-state index contributed by atoms with van der Waals surface area (Å²) in [7, 11) is 0. The summed E-state index contributed by atoms with van der Waals surface area (Å²) in [6, 6.07) is 5.89. The minimum absolute atomic E-state index is 0.0799. The first-order valence-electron chi connectivity index (χ1n) is 6.72. The van der Waals surface area contributed by atoms with Crippen LogP contribution in [-0.4, -0.2) is 30.3 Å². The van der Waals surface area contributed by atoms with Crippen LogP contribution in [-0.2, 0) is 4.79 Å². The first kappa shape index (κ1) is 17.9. The molecule has 0 fully saturated rings. The summed E-state index contributed by atoms with van der Waals surface area (Å²) < 4.78 is 43.1. The van der Waals surface area contributed by atoms with Crippen LogP contribution in [0.2, 0.25) is 0 Å². The zero-order valence-corrected chi connectivity index (χ0v) is 12.1. The topological polar surface area (TPSA) is 46.5 Å². The van der Waals surface area contributed by atoms with Crippen molar-refractivity contribution in [3.63, 3.8) is 0 Å². The second-order valence-corrected chi connectivity index (χ2v) is 4.58. The number of ether oxygens (including phenoxy) is 1. The van der Waals surface area contributed by atoms with Crippen molar-refractivity contribution in [1.29, 1.82) is 0 Å². The van der Waals surface area contributed by atoms with Gasteiger partial charge >= 0.3 is 5.97 Å². The number of rotatable bonds is 8. The Labute approximate surface area is 127 Å². The van der Waals surface area contributed by atoms with Gasteiger partial charge in [0.15, 0.2) is 6.17 Å². The molecule has 0 saturated carbocycles. The lowest BCUT2D eigenvalue weighted by molar-refractivity contribution is -0.137. The lowest BCUT2D eigenvalue weighted by atomic mass is 9.96. The van der Waals surface area contributed by atoms with Crippen molar-refractivity contribution < 1.29 is 27.8 Å². The average Bonchev–Trinajstić information content (AvgIpc) is 2.47. The number of hydrogen-bond acceptors (Lipinski definition) is 2. The monoisotopic (exact) mass is 314 g/mol. The van der Waals surface area contributed by atoms with Gasteiger partial charge in [-0.3, -0.25) is 9.18 Å². The Morgan fingerprint density at radius 3 is 2.45 bits per heavy atom. The first-order chi connectivity index (χ1) is 10.5. The van der Waals surface area contributed by atoms with Crippen LogP contribution in [0.3, 0.4) is 0 Å². The molecule has 3 nitrogen and oxygen atoms in total. The number of halogens is 3. The van der Waals surface area contributed by atoms with Gasteiger partial charge in [-0.05, 0) is 24.6 Å². The Morgan fingerprint density at radius 2 is 1.95 bits per heavy atom. The van der Waals surface area contributed by atoms with Crippen molar-refractivity contribution in [2.45, 2.75) is 38.2 Å². The number of alkyl halides is 3. The zero-order chi connectivity index (χ0) is 16.5. The molecule has 22 heavy (non-hydrogen) atoms. The van der Waals surface area contributed by atoms with E-state index < -0.39 is 37.5 Å². The summed E-state index contributed by atoms with van der Waals surface area (Å²) in [4.78, 5) is 10.8. The number of hydrogen-bond donors (Lipinski definition) is 1. The van der Waals surface area contributed by atoms with Gasteiger partial charge in [0.25, 0.3) is 6.36 Å². The van der Waals surface area contributed by atoms with E-state index in [0.29, 0.717) is 5.56 Å². The molecule has 0 radical (unpaired) electrons. The second kappa shape index (κ2) is 8.98. The molecule has 0 aliphatic rings. The van der Waals surface area contributed by atoms with Crippen molar-refractivity contribution in [1.82, 2.24) is 0 Å². The van der Waals surface area contributed by atoms with Crippen LogP contribution >= 0.6 is 0 Å².